The van der Waals surface area contributed by atoms with E-state index in [0.29, 0.717) is 85.9 Å². The predicted octanol–water partition coefficient (Wildman–Crippen LogP) is 15.5. The fourth-order valence-electron chi connectivity index (χ4n) is 9.32. The molecule has 0 spiro atoms. The molecule has 0 aromatic heterocycles. The Bertz CT molecular complexity index is 4340. The number of carbonyl (C=O) groups excluding carboxylic acids is 10. The first-order valence-electron chi connectivity index (χ1n) is 35.8. The van der Waals surface area contributed by atoms with Crippen LogP contribution in [0.3, 0.4) is 0 Å². The molecule has 7 aromatic carbocycles. The van der Waals surface area contributed by atoms with Crippen molar-refractivity contribution < 1.29 is 124 Å². The van der Waals surface area contributed by atoms with Gasteiger partial charge < -0.3 is 71.2 Å². The number of aryl methyl sites for hydroxylation is 1. The highest BCUT2D eigenvalue weighted by Crippen LogP contribution is 2.28. The lowest BCUT2D eigenvalue weighted by Crippen LogP contribution is -2.13. The maximum Gasteiger partial charge on any atom is 0.513 e. The van der Waals surface area contributed by atoms with Gasteiger partial charge in [-0.05, 0) is 252 Å². The van der Waals surface area contributed by atoms with Crippen molar-refractivity contribution in [3.8, 4) is 46.0 Å². The minimum atomic E-state index is -0.927. The summed E-state index contributed by atoms with van der Waals surface area (Å²) in [6.07, 6.45) is 14.6. The summed E-state index contributed by atoms with van der Waals surface area (Å²) in [5.74, 6) is -1.69. The van der Waals surface area contributed by atoms with Crippen LogP contribution < -0.4 is 38.0 Å². The number of esters is 8. The second kappa shape index (κ2) is 51.0. The largest absolute Gasteiger partial charge is 0.513 e. The third-order valence-corrected chi connectivity index (χ3v) is 15.3. The molecule has 0 N–H and O–H groups in total. The fourth-order valence-corrected chi connectivity index (χ4v) is 9.32. The molecule has 28 heteroatoms. The molecule has 0 bridgehead atoms. The summed E-state index contributed by atoms with van der Waals surface area (Å²) >= 11 is 0. The highest BCUT2D eigenvalue weighted by molar-refractivity contribution is 5.96. The first kappa shape index (κ1) is 88.4. The van der Waals surface area contributed by atoms with Crippen molar-refractivity contribution in [1.29, 1.82) is 0 Å². The number of hydrogen-bond acceptors (Lipinski definition) is 28. The maximum atomic E-state index is 12.7. The van der Waals surface area contributed by atoms with Crippen LogP contribution >= 0.6 is 0 Å². The fraction of sp³-hybridized carbons (Fsp3) is 0.271. The van der Waals surface area contributed by atoms with Crippen LogP contribution in [-0.2, 0) is 63.8 Å². The third-order valence-electron chi connectivity index (χ3n) is 15.3. The van der Waals surface area contributed by atoms with E-state index in [0.717, 1.165) is 87.0 Å². The summed E-state index contributed by atoms with van der Waals surface area (Å²) in [7, 11) is 1.27. The van der Waals surface area contributed by atoms with Crippen LogP contribution in [0.1, 0.15) is 141 Å². The first-order chi connectivity index (χ1) is 54.8. The van der Waals surface area contributed by atoms with Crippen LogP contribution in [0.25, 0.3) is 0 Å². The van der Waals surface area contributed by atoms with Gasteiger partial charge in [-0.15, -0.1) is 0 Å². The summed E-state index contributed by atoms with van der Waals surface area (Å²) < 4.78 is 72.6. The molecule has 0 saturated carbocycles. The smallest absolute Gasteiger partial charge is 0.494 e. The van der Waals surface area contributed by atoms with E-state index in [1.807, 2.05) is 24.3 Å². The molecule has 7 aromatic rings. The van der Waals surface area contributed by atoms with Gasteiger partial charge in [0.2, 0.25) is 0 Å². The summed E-state index contributed by atoms with van der Waals surface area (Å²) in [4.78, 5) is 129. The van der Waals surface area contributed by atoms with E-state index in [4.69, 9.17) is 76.1 Å². The van der Waals surface area contributed by atoms with Gasteiger partial charge >= 0.3 is 60.1 Å². The van der Waals surface area contributed by atoms with Gasteiger partial charge in [0.25, 0.3) is 0 Å². The zero-order chi connectivity index (χ0) is 81.2. The van der Waals surface area contributed by atoms with Gasteiger partial charge in [0, 0.05) is 24.3 Å². The highest BCUT2D eigenvalue weighted by atomic mass is 17.2. The summed E-state index contributed by atoms with van der Waals surface area (Å²) in [5, 5.41) is 8.18. The lowest BCUT2D eigenvalue weighted by atomic mass is 10.1. The number of unbranched alkanes of at least 4 members (excludes halogenated alkanes) is 8. The van der Waals surface area contributed by atoms with Gasteiger partial charge in [-0.25, -0.2) is 47.9 Å². The molecule has 0 heterocycles. The molecule has 7 rings (SSSR count). The summed E-state index contributed by atoms with van der Waals surface area (Å²) in [6, 6.07) is 41.5. The van der Waals surface area contributed by atoms with Gasteiger partial charge in [-0.1, -0.05) is 38.4 Å². The van der Waals surface area contributed by atoms with Crippen LogP contribution in [0.5, 0.6) is 46.0 Å². The second-order valence-electron chi connectivity index (χ2n) is 23.8. The third kappa shape index (κ3) is 35.2. The molecule has 0 aliphatic heterocycles. The van der Waals surface area contributed by atoms with E-state index >= 15 is 0 Å². The van der Waals surface area contributed by atoms with Crippen LogP contribution in [0.2, 0.25) is 0 Å². The van der Waals surface area contributed by atoms with Gasteiger partial charge in [-0.3, -0.25) is 0 Å². The van der Waals surface area contributed by atoms with Crippen molar-refractivity contribution in [1.82, 2.24) is 0 Å². The molecule has 0 unspecified atom stereocenters. The Balaban J connectivity index is 0.000000359. The molecule has 594 valence electrons. The number of hydrogen-bond donors (Lipinski definition) is 0. The minimum absolute atomic E-state index is 0.0665. The number of ether oxygens (including phenoxy) is 14. The first-order valence-corrected chi connectivity index (χ1v) is 35.8. The van der Waals surface area contributed by atoms with E-state index in [1.165, 1.54) is 86.3 Å². The predicted molar refractivity (Wildman–Crippen MR) is 412 cm³/mol. The van der Waals surface area contributed by atoms with Gasteiger partial charge in [0.1, 0.15) is 52.4 Å². The van der Waals surface area contributed by atoms with Gasteiger partial charge in [0.15, 0.2) is 5.75 Å². The molecular weight excluding hydrogens is 1460 g/mol. The average molecular weight is 1550 g/mol. The topological polar surface area (TPSA) is 343 Å². The van der Waals surface area contributed by atoms with Gasteiger partial charge in [-0.2, -0.15) is 15.1 Å². The maximum absolute atomic E-state index is 12.7. The van der Waals surface area contributed by atoms with Crippen LogP contribution in [0.4, 0.5) is 9.59 Å². The van der Waals surface area contributed by atoms with Crippen LogP contribution in [-0.4, -0.2) is 132 Å². The minimum Gasteiger partial charge on any atom is -0.494 e. The SMILES string of the molecule is C=CC(=O)OCCCCCCOc1ccc(COOc2ccc(/C=N/N=C/c3ccc(OC(=O)c4ccc(OCCCCCCOC(=O)C=C)cc4)cc3)cc2C(=O)OC)cc1.C=CC(=O)OCCCCOC(=O)Oc1ccc(C(=O)Oc2ccc(OC(=O)c3ccc(OC(=O)OCCCCOC(=O)C=C)cc3)c(C)c2)cc1. The van der Waals surface area contributed by atoms with Crippen LogP contribution in [0, 0.1) is 6.92 Å². The Morgan fingerprint density at radius 3 is 1.12 bits per heavy atom. The normalized spacial score (nSPS) is 10.5. The summed E-state index contributed by atoms with van der Waals surface area (Å²) in [5.41, 5.74) is 3.51. The lowest BCUT2D eigenvalue weighted by Gasteiger charge is -2.11. The molecule has 28 nitrogen and oxygen atoms in total. The molecule has 0 amide bonds. The van der Waals surface area contributed by atoms with Crippen molar-refractivity contribution in [3.05, 3.63) is 253 Å². The Morgan fingerprint density at radius 2 is 0.681 bits per heavy atom. The molecule has 113 heavy (non-hydrogen) atoms. The highest BCUT2D eigenvalue weighted by Gasteiger charge is 2.19. The number of methoxy groups -OCH3 is 1. The number of benzene rings is 7. The van der Waals surface area contributed by atoms with Crippen molar-refractivity contribution in [3.63, 3.8) is 0 Å². The molecule has 0 saturated heterocycles. The Hall–Kier alpha value is -13.5. The Kier molecular flexibility index (Phi) is 39.9. The number of rotatable bonds is 46. The molecule has 0 radical (unpaired) electrons. The van der Waals surface area contributed by atoms with Crippen molar-refractivity contribution in [2.45, 2.75) is 90.6 Å². The van der Waals surface area contributed by atoms with E-state index < -0.39 is 60.1 Å². The second-order valence-corrected chi connectivity index (χ2v) is 23.8. The van der Waals surface area contributed by atoms with Gasteiger partial charge in [0.05, 0.1) is 89.1 Å². The monoisotopic (exact) mass is 1550 g/mol. The standard InChI is InChI=1S/C48H52N2O12.C37H36O14/c1-4-45(51)58-30-12-8-6-10-28-56-40-21-16-37(17-22-40)35-60-62-44-27-18-38(32-43(44)48(54)55-3)34-50-49-33-36-14-23-42(24-15-36)61-47(53)39-19-25-41(26-20-39)57-29-11-7-9-13-31-59-46(52)5-2;1-4-32(38)44-20-6-8-22-46-36(42)49-28-14-10-26(11-15-28)34(40)48-30-18-19-31(25(3)24-30)51-35(41)27-12-16-29(17-13-27)50-37(43)47-23-9-7-21-45-33(39)5-2/h4-5,14-27,32-34H,1-2,6-13,28-31,35H2,3H3;4-5,10-19,24H,1-2,6-9,20-23H2,3H3/b49-33+,50-34+;. The van der Waals surface area contributed by atoms with E-state index in [2.05, 4.69) is 36.5 Å². The molecular formula is C85H88N2O26. The Morgan fingerprint density at radius 1 is 0.336 bits per heavy atom. The summed E-state index contributed by atoms with van der Waals surface area (Å²) in [6.45, 7) is 17.5. The van der Waals surface area contributed by atoms with Crippen molar-refractivity contribution >= 4 is 72.5 Å². The van der Waals surface area contributed by atoms with Crippen molar-refractivity contribution in [2.24, 2.45) is 10.2 Å². The van der Waals surface area contributed by atoms with Crippen molar-refractivity contribution in [2.75, 3.05) is 60.0 Å². The molecule has 0 atom stereocenters. The number of nitrogens with zero attached hydrogens (tertiary/aromatic N) is 2. The zero-order valence-electron chi connectivity index (χ0n) is 62.7. The van der Waals surface area contributed by atoms with E-state index in [1.54, 1.807) is 73.7 Å². The van der Waals surface area contributed by atoms with Crippen LogP contribution in [0.15, 0.2) is 219 Å². The quantitative estimate of drug-likeness (QED) is 0.00394. The van der Waals surface area contributed by atoms with E-state index in [9.17, 15) is 47.9 Å². The Labute approximate surface area is 653 Å². The zero-order valence-corrected chi connectivity index (χ0v) is 62.7. The lowest BCUT2D eigenvalue weighted by molar-refractivity contribution is -0.217. The molecule has 0 aliphatic carbocycles. The van der Waals surface area contributed by atoms with E-state index in [-0.39, 0.29) is 78.5 Å². The number of carbonyl (C=O) groups is 10. The molecule has 0 aliphatic rings. The molecule has 0 fully saturated rings. The average Bonchev–Trinajstić information content (AvgIpc) is 0.843.